The minimum Gasteiger partial charge on any atom is -0.497 e. The summed E-state index contributed by atoms with van der Waals surface area (Å²) < 4.78 is 5.16. The van der Waals surface area contributed by atoms with Crippen LogP contribution in [-0.4, -0.2) is 31.1 Å². The van der Waals surface area contributed by atoms with Crippen LogP contribution >= 0.6 is 12.4 Å². The molecule has 4 heteroatoms. The number of hydrogen-bond donors (Lipinski definition) is 1. The SMILES string of the molecule is COc1ccc(CN2CC(CN)CC2C)cc1.Cl. The summed E-state index contributed by atoms with van der Waals surface area (Å²) in [5.41, 5.74) is 7.09. The van der Waals surface area contributed by atoms with E-state index in [2.05, 4.69) is 24.0 Å². The van der Waals surface area contributed by atoms with Gasteiger partial charge in [0.1, 0.15) is 5.75 Å². The Balaban J connectivity index is 0.00000162. The fraction of sp³-hybridized carbons (Fsp3) is 0.571. The lowest BCUT2D eigenvalue weighted by Crippen LogP contribution is -2.27. The van der Waals surface area contributed by atoms with Crippen molar-refractivity contribution >= 4 is 12.4 Å². The minimum atomic E-state index is 0. The summed E-state index contributed by atoms with van der Waals surface area (Å²) in [4.78, 5) is 2.51. The molecule has 2 N–H and O–H groups in total. The maximum absolute atomic E-state index is 5.75. The lowest BCUT2D eigenvalue weighted by molar-refractivity contribution is 0.256. The van der Waals surface area contributed by atoms with E-state index < -0.39 is 0 Å². The van der Waals surface area contributed by atoms with Crippen molar-refractivity contribution in [1.29, 1.82) is 0 Å². The molecule has 18 heavy (non-hydrogen) atoms. The molecule has 2 unspecified atom stereocenters. The molecule has 2 atom stereocenters. The molecular weight excluding hydrogens is 248 g/mol. The van der Waals surface area contributed by atoms with Crippen LogP contribution in [0.3, 0.4) is 0 Å². The first-order chi connectivity index (χ1) is 8.22. The number of methoxy groups -OCH3 is 1. The Morgan fingerprint density at radius 1 is 1.33 bits per heavy atom. The van der Waals surface area contributed by atoms with Gasteiger partial charge in [0.25, 0.3) is 0 Å². The molecule has 1 aromatic rings. The highest BCUT2D eigenvalue weighted by molar-refractivity contribution is 5.85. The third kappa shape index (κ3) is 3.61. The Bertz CT molecular complexity index is 355. The highest BCUT2D eigenvalue weighted by Gasteiger charge is 2.27. The second kappa shape index (κ2) is 6.98. The highest BCUT2D eigenvalue weighted by Crippen LogP contribution is 2.24. The molecule has 0 saturated carbocycles. The highest BCUT2D eigenvalue weighted by atomic mass is 35.5. The number of hydrogen-bond acceptors (Lipinski definition) is 3. The van der Waals surface area contributed by atoms with Crippen LogP contribution < -0.4 is 10.5 Å². The summed E-state index contributed by atoms with van der Waals surface area (Å²) in [5.74, 6) is 1.59. The molecule has 1 aliphatic heterocycles. The van der Waals surface area contributed by atoms with Crippen molar-refractivity contribution in [3.63, 3.8) is 0 Å². The maximum Gasteiger partial charge on any atom is 0.118 e. The Hall–Kier alpha value is -0.770. The molecule has 0 amide bonds. The summed E-state index contributed by atoms with van der Waals surface area (Å²) >= 11 is 0. The molecule has 1 heterocycles. The Labute approximate surface area is 116 Å². The van der Waals surface area contributed by atoms with Crippen molar-refractivity contribution in [2.24, 2.45) is 11.7 Å². The van der Waals surface area contributed by atoms with Crippen molar-refractivity contribution in [2.45, 2.75) is 25.9 Å². The van der Waals surface area contributed by atoms with Crippen LogP contribution in [0.4, 0.5) is 0 Å². The van der Waals surface area contributed by atoms with E-state index in [0.717, 1.165) is 25.4 Å². The van der Waals surface area contributed by atoms with Crippen LogP contribution in [0.15, 0.2) is 24.3 Å². The summed E-state index contributed by atoms with van der Waals surface area (Å²) in [7, 11) is 1.70. The molecular formula is C14H23ClN2O. The van der Waals surface area contributed by atoms with Crippen LogP contribution in [0.2, 0.25) is 0 Å². The van der Waals surface area contributed by atoms with Crippen LogP contribution in [0.25, 0.3) is 0 Å². The van der Waals surface area contributed by atoms with Crippen molar-refractivity contribution < 1.29 is 4.74 Å². The van der Waals surface area contributed by atoms with E-state index in [0.29, 0.717) is 12.0 Å². The molecule has 1 aromatic carbocycles. The van der Waals surface area contributed by atoms with Crippen molar-refractivity contribution in [2.75, 3.05) is 20.2 Å². The van der Waals surface area contributed by atoms with E-state index in [9.17, 15) is 0 Å². The van der Waals surface area contributed by atoms with E-state index in [-0.39, 0.29) is 12.4 Å². The van der Waals surface area contributed by atoms with Gasteiger partial charge in [-0.3, -0.25) is 4.90 Å². The number of nitrogens with zero attached hydrogens (tertiary/aromatic N) is 1. The van der Waals surface area contributed by atoms with Gasteiger partial charge in [-0.15, -0.1) is 12.4 Å². The second-order valence-corrected chi connectivity index (χ2v) is 4.96. The minimum absolute atomic E-state index is 0. The number of halogens is 1. The number of rotatable bonds is 4. The van der Waals surface area contributed by atoms with Crippen molar-refractivity contribution in [1.82, 2.24) is 4.90 Å². The molecule has 0 aliphatic carbocycles. The standard InChI is InChI=1S/C14H22N2O.ClH/c1-11-7-13(8-15)10-16(11)9-12-3-5-14(17-2)6-4-12;/h3-6,11,13H,7-10,15H2,1-2H3;1H. The molecule has 2 rings (SSSR count). The molecule has 0 radical (unpaired) electrons. The number of ether oxygens (including phenoxy) is 1. The van der Waals surface area contributed by atoms with Gasteiger partial charge in [-0.2, -0.15) is 0 Å². The van der Waals surface area contributed by atoms with Crippen LogP contribution in [0, 0.1) is 5.92 Å². The largest absolute Gasteiger partial charge is 0.497 e. The summed E-state index contributed by atoms with van der Waals surface area (Å²) in [6.45, 7) is 5.24. The maximum atomic E-state index is 5.75. The van der Waals surface area contributed by atoms with E-state index in [1.807, 2.05) is 12.1 Å². The molecule has 0 bridgehead atoms. The van der Waals surface area contributed by atoms with Crippen LogP contribution in [-0.2, 0) is 6.54 Å². The predicted molar refractivity (Wildman–Crippen MR) is 77.3 cm³/mol. The molecule has 0 aromatic heterocycles. The average molecular weight is 271 g/mol. The van der Waals surface area contributed by atoms with Crippen LogP contribution in [0.1, 0.15) is 18.9 Å². The molecule has 0 spiro atoms. The molecule has 1 saturated heterocycles. The predicted octanol–water partition coefficient (Wildman–Crippen LogP) is 2.29. The lowest BCUT2D eigenvalue weighted by atomic mass is 10.1. The third-order valence-corrected chi connectivity index (χ3v) is 3.67. The monoisotopic (exact) mass is 270 g/mol. The van der Waals surface area contributed by atoms with E-state index in [1.165, 1.54) is 12.0 Å². The van der Waals surface area contributed by atoms with Gasteiger partial charge in [0.2, 0.25) is 0 Å². The van der Waals surface area contributed by atoms with E-state index in [4.69, 9.17) is 10.5 Å². The van der Waals surface area contributed by atoms with Gasteiger partial charge in [-0.1, -0.05) is 12.1 Å². The topological polar surface area (TPSA) is 38.5 Å². The van der Waals surface area contributed by atoms with Gasteiger partial charge in [-0.25, -0.2) is 0 Å². The lowest BCUT2D eigenvalue weighted by Gasteiger charge is -2.21. The van der Waals surface area contributed by atoms with Crippen molar-refractivity contribution in [3.8, 4) is 5.75 Å². The van der Waals surface area contributed by atoms with Gasteiger partial charge in [0, 0.05) is 19.1 Å². The van der Waals surface area contributed by atoms with Gasteiger partial charge >= 0.3 is 0 Å². The smallest absolute Gasteiger partial charge is 0.118 e. The first-order valence-electron chi connectivity index (χ1n) is 6.30. The molecule has 3 nitrogen and oxygen atoms in total. The Morgan fingerprint density at radius 3 is 2.50 bits per heavy atom. The first-order valence-corrected chi connectivity index (χ1v) is 6.30. The first kappa shape index (κ1) is 15.3. The zero-order valence-electron chi connectivity index (χ0n) is 11.1. The van der Waals surface area contributed by atoms with Gasteiger partial charge in [0.15, 0.2) is 0 Å². The van der Waals surface area contributed by atoms with Crippen LogP contribution in [0.5, 0.6) is 5.75 Å². The average Bonchev–Trinajstić information content (AvgIpc) is 2.71. The van der Waals surface area contributed by atoms with Gasteiger partial charge in [0.05, 0.1) is 7.11 Å². The number of likely N-dealkylation sites (tertiary alicyclic amines) is 1. The summed E-state index contributed by atoms with van der Waals surface area (Å²) in [5, 5.41) is 0. The molecule has 102 valence electrons. The number of nitrogens with two attached hydrogens (primary N) is 1. The normalized spacial score (nSPS) is 23.7. The van der Waals surface area contributed by atoms with Gasteiger partial charge in [-0.05, 0) is 43.5 Å². The quantitative estimate of drug-likeness (QED) is 0.912. The fourth-order valence-electron chi connectivity index (χ4n) is 2.57. The zero-order valence-corrected chi connectivity index (χ0v) is 12.0. The van der Waals surface area contributed by atoms with E-state index in [1.54, 1.807) is 7.11 Å². The second-order valence-electron chi connectivity index (χ2n) is 4.96. The number of benzene rings is 1. The Morgan fingerprint density at radius 2 is 2.00 bits per heavy atom. The third-order valence-electron chi connectivity index (χ3n) is 3.67. The molecule has 1 fully saturated rings. The molecule has 1 aliphatic rings. The summed E-state index contributed by atoms with van der Waals surface area (Å²) in [6.07, 6.45) is 1.23. The van der Waals surface area contributed by atoms with E-state index >= 15 is 0 Å². The Kier molecular flexibility index (Phi) is 5.93. The fourth-order valence-corrected chi connectivity index (χ4v) is 2.57. The van der Waals surface area contributed by atoms with Crippen molar-refractivity contribution in [3.05, 3.63) is 29.8 Å². The summed E-state index contributed by atoms with van der Waals surface area (Å²) in [6, 6.07) is 8.97. The van der Waals surface area contributed by atoms with Gasteiger partial charge < -0.3 is 10.5 Å². The zero-order chi connectivity index (χ0) is 12.3.